The first-order chi connectivity index (χ1) is 17.9. The molecule has 0 spiro atoms. The van der Waals surface area contributed by atoms with E-state index in [1.54, 1.807) is 49.4 Å². The number of aliphatic carboxylic acids is 1. The van der Waals surface area contributed by atoms with Crippen molar-refractivity contribution in [2.75, 3.05) is 10.8 Å². The molecule has 1 aliphatic heterocycles. The molecule has 0 bridgehead atoms. The molecule has 4 rings (SSSR count). The molecule has 0 aromatic heterocycles. The number of aryl methyl sites for hydroxylation is 1. The Labute approximate surface area is 225 Å². The van der Waals surface area contributed by atoms with E-state index in [0.717, 1.165) is 12.5 Å². The molecule has 10 heteroatoms. The molecule has 0 amide bonds. The number of halogens is 3. The van der Waals surface area contributed by atoms with Gasteiger partial charge in [0, 0.05) is 29.5 Å². The minimum absolute atomic E-state index is 0.0829. The van der Waals surface area contributed by atoms with Gasteiger partial charge in [0.05, 0.1) is 17.1 Å². The van der Waals surface area contributed by atoms with Crippen LogP contribution in [-0.2, 0) is 20.7 Å². The minimum Gasteiger partial charge on any atom is -0.486 e. The number of carbonyl (C=O) groups is 1. The second kappa shape index (κ2) is 10.7. The normalized spacial score (nSPS) is 15.8. The van der Waals surface area contributed by atoms with Gasteiger partial charge in [0.2, 0.25) is 0 Å². The lowest BCUT2D eigenvalue weighted by Gasteiger charge is -2.35. The number of rotatable bonds is 8. The van der Waals surface area contributed by atoms with Crippen LogP contribution in [0, 0.1) is 6.92 Å². The quantitative estimate of drug-likeness (QED) is 0.307. The van der Waals surface area contributed by atoms with Crippen molar-refractivity contribution in [3.05, 3.63) is 87.9 Å². The fourth-order valence-corrected chi connectivity index (χ4v) is 6.11. The highest BCUT2D eigenvalue weighted by atomic mass is 35.5. The molecule has 3 aromatic carbocycles. The summed E-state index contributed by atoms with van der Waals surface area (Å²) in [6.45, 7) is 2.50. The number of sulfonamides is 1. The zero-order chi connectivity index (χ0) is 27.7. The maximum Gasteiger partial charge on any atom is 0.303 e. The summed E-state index contributed by atoms with van der Waals surface area (Å²) in [6, 6.07) is 15.6. The summed E-state index contributed by atoms with van der Waals surface area (Å²) in [4.78, 5) is 11.2. The number of alkyl halides is 2. The van der Waals surface area contributed by atoms with E-state index >= 15 is 0 Å². The number of fused-ring (bicyclic) bond motifs is 1. The molecule has 200 valence electrons. The summed E-state index contributed by atoms with van der Waals surface area (Å²) >= 11 is 6.21. The van der Waals surface area contributed by atoms with Crippen LogP contribution in [0.4, 0.5) is 14.5 Å². The lowest BCUT2D eigenvalue weighted by Crippen LogP contribution is -2.43. The molecule has 1 aliphatic rings. The molecule has 0 fully saturated rings. The fourth-order valence-electron chi connectivity index (χ4n) is 4.27. The summed E-state index contributed by atoms with van der Waals surface area (Å²) in [5.74, 6) is -3.85. The summed E-state index contributed by atoms with van der Waals surface area (Å²) in [7, 11) is -4.02. The molecular weight excluding hydrogens is 536 g/mol. The largest absolute Gasteiger partial charge is 0.486 e. The van der Waals surface area contributed by atoms with Crippen LogP contribution in [-0.4, -0.2) is 32.1 Å². The second-order valence-electron chi connectivity index (χ2n) is 9.17. The summed E-state index contributed by atoms with van der Waals surface area (Å²) in [5, 5.41) is 9.26. The standard InChI is InChI=1S/C28H26ClF2NO5S/c1-18-5-3-6-21(15-18)38(35,36)32-17-20(11-14-27(33)34)37-26-13-10-19(16-25(26)32)9-12-22-23(28(2,30)31)7-4-8-24(22)29/h3-10,12-13,15-16,20H,11,14,17H2,1-2H3,(H,33,34)/b12-9+/t20-/m0/s1. The average molecular weight is 562 g/mol. The zero-order valence-electron chi connectivity index (χ0n) is 20.7. The number of carboxylic acid groups (broad SMARTS) is 1. The van der Waals surface area contributed by atoms with Gasteiger partial charge in [-0.05, 0) is 54.8 Å². The highest BCUT2D eigenvalue weighted by molar-refractivity contribution is 7.92. The molecular formula is C28H26ClF2NO5S. The van der Waals surface area contributed by atoms with Gasteiger partial charge in [-0.15, -0.1) is 0 Å². The number of hydrogen-bond donors (Lipinski definition) is 1. The van der Waals surface area contributed by atoms with Gasteiger partial charge in [-0.1, -0.05) is 54.1 Å². The smallest absolute Gasteiger partial charge is 0.303 e. The molecule has 1 N–H and O–H groups in total. The Kier molecular flexibility index (Phi) is 7.80. The maximum absolute atomic E-state index is 14.1. The van der Waals surface area contributed by atoms with E-state index in [2.05, 4.69) is 0 Å². The Morgan fingerprint density at radius 2 is 1.89 bits per heavy atom. The van der Waals surface area contributed by atoms with Gasteiger partial charge >= 0.3 is 5.97 Å². The van der Waals surface area contributed by atoms with Crippen molar-refractivity contribution in [1.29, 1.82) is 0 Å². The van der Waals surface area contributed by atoms with E-state index in [1.165, 1.54) is 34.6 Å². The van der Waals surface area contributed by atoms with Gasteiger partial charge in [0.25, 0.3) is 15.9 Å². The van der Waals surface area contributed by atoms with Crippen LogP contribution in [0.25, 0.3) is 12.2 Å². The Morgan fingerprint density at radius 1 is 1.16 bits per heavy atom. The van der Waals surface area contributed by atoms with Gasteiger partial charge in [-0.3, -0.25) is 9.10 Å². The molecule has 38 heavy (non-hydrogen) atoms. The number of anilines is 1. The van der Waals surface area contributed by atoms with E-state index in [1.807, 2.05) is 0 Å². The first kappa shape index (κ1) is 27.6. The highest BCUT2D eigenvalue weighted by Crippen LogP contribution is 2.40. The lowest BCUT2D eigenvalue weighted by atomic mass is 10.0. The van der Waals surface area contributed by atoms with Crippen LogP contribution >= 0.6 is 11.6 Å². The molecule has 1 atom stereocenters. The third kappa shape index (κ3) is 6.00. The Hall–Kier alpha value is -3.43. The number of benzene rings is 3. The highest BCUT2D eigenvalue weighted by Gasteiger charge is 2.35. The van der Waals surface area contributed by atoms with Crippen LogP contribution in [0.5, 0.6) is 5.75 Å². The lowest BCUT2D eigenvalue weighted by molar-refractivity contribution is -0.137. The molecule has 0 aliphatic carbocycles. The minimum atomic E-state index is -4.02. The van der Waals surface area contributed by atoms with Crippen molar-refractivity contribution in [1.82, 2.24) is 0 Å². The zero-order valence-corrected chi connectivity index (χ0v) is 22.3. The van der Waals surface area contributed by atoms with Crippen molar-refractivity contribution >= 4 is 45.4 Å². The first-order valence-electron chi connectivity index (χ1n) is 11.8. The fraction of sp³-hybridized carbons (Fsp3) is 0.250. The van der Waals surface area contributed by atoms with E-state index in [-0.39, 0.29) is 51.9 Å². The number of hydrogen-bond acceptors (Lipinski definition) is 4. The average Bonchev–Trinajstić information content (AvgIpc) is 2.85. The maximum atomic E-state index is 14.1. The monoisotopic (exact) mass is 561 g/mol. The van der Waals surface area contributed by atoms with Crippen LogP contribution in [0.15, 0.2) is 65.6 Å². The van der Waals surface area contributed by atoms with Crippen molar-refractivity contribution in [3.8, 4) is 5.75 Å². The van der Waals surface area contributed by atoms with Crippen LogP contribution < -0.4 is 9.04 Å². The van der Waals surface area contributed by atoms with Gasteiger partial charge in [0.1, 0.15) is 11.9 Å². The van der Waals surface area contributed by atoms with Crippen molar-refractivity contribution in [2.45, 2.75) is 43.6 Å². The third-order valence-corrected chi connectivity index (χ3v) is 8.25. The predicted molar refractivity (Wildman–Crippen MR) is 143 cm³/mol. The second-order valence-corrected chi connectivity index (χ2v) is 11.4. The molecule has 6 nitrogen and oxygen atoms in total. The van der Waals surface area contributed by atoms with Gasteiger partial charge < -0.3 is 9.84 Å². The number of nitrogens with zero attached hydrogens (tertiary/aromatic N) is 1. The van der Waals surface area contributed by atoms with Crippen LogP contribution in [0.3, 0.4) is 0 Å². The number of carboxylic acids is 1. The molecule has 0 radical (unpaired) electrons. The third-order valence-electron chi connectivity index (χ3n) is 6.14. The van der Waals surface area contributed by atoms with Gasteiger partial charge in [0.15, 0.2) is 0 Å². The van der Waals surface area contributed by atoms with E-state index in [0.29, 0.717) is 5.56 Å². The van der Waals surface area contributed by atoms with E-state index in [4.69, 9.17) is 21.4 Å². The Morgan fingerprint density at radius 3 is 2.58 bits per heavy atom. The van der Waals surface area contributed by atoms with Crippen molar-refractivity contribution < 1.29 is 31.8 Å². The van der Waals surface area contributed by atoms with Gasteiger partial charge in [-0.2, -0.15) is 0 Å². The SMILES string of the molecule is Cc1cccc(S(=O)(=O)N2C[C@H](CCC(=O)O)Oc3ccc(/C=C/c4c(Cl)cccc4C(C)(F)F)cc32)c1. The summed E-state index contributed by atoms with van der Waals surface area (Å²) < 4.78 is 62.9. The molecule has 1 heterocycles. The summed E-state index contributed by atoms with van der Waals surface area (Å²) in [6.07, 6.45) is 2.32. The molecule has 0 saturated heterocycles. The van der Waals surface area contributed by atoms with Crippen LogP contribution in [0.2, 0.25) is 5.02 Å². The topological polar surface area (TPSA) is 83.9 Å². The van der Waals surface area contributed by atoms with E-state index < -0.39 is 28.0 Å². The van der Waals surface area contributed by atoms with E-state index in [9.17, 15) is 22.0 Å². The molecule has 0 saturated carbocycles. The first-order valence-corrected chi connectivity index (χ1v) is 13.6. The van der Waals surface area contributed by atoms with Crippen molar-refractivity contribution in [2.24, 2.45) is 0 Å². The summed E-state index contributed by atoms with van der Waals surface area (Å²) in [5.41, 5.74) is 1.49. The Balaban J connectivity index is 1.76. The van der Waals surface area contributed by atoms with Crippen LogP contribution in [0.1, 0.15) is 42.0 Å². The number of ether oxygens (including phenoxy) is 1. The van der Waals surface area contributed by atoms with Crippen molar-refractivity contribution in [3.63, 3.8) is 0 Å². The predicted octanol–water partition coefficient (Wildman–Crippen LogP) is 6.75. The molecule has 0 unspecified atom stereocenters. The Bertz CT molecular complexity index is 1500. The van der Waals surface area contributed by atoms with Gasteiger partial charge in [-0.25, -0.2) is 17.2 Å². The molecule has 3 aromatic rings.